The molecule has 0 unspecified atom stereocenters. The lowest BCUT2D eigenvalue weighted by molar-refractivity contribution is 0.0955. The Morgan fingerprint density at radius 1 is 1.00 bits per heavy atom. The lowest BCUT2D eigenvalue weighted by atomic mass is 10.1. The van der Waals surface area contributed by atoms with Crippen LogP contribution in [0.1, 0.15) is 54.9 Å². The molecular formula is C25H28FN5O. The van der Waals surface area contributed by atoms with Gasteiger partial charge in [-0.05, 0) is 36.2 Å². The Kier molecular flexibility index (Phi) is 6.63. The van der Waals surface area contributed by atoms with E-state index in [1.54, 1.807) is 16.7 Å². The Labute approximate surface area is 186 Å². The monoisotopic (exact) mass is 433 g/mol. The molecule has 4 aromatic rings. The number of fused-ring (bicyclic) bond motifs is 2. The first-order chi connectivity index (χ1) is 15.6. The van der Waals surface area contributed by atoms with Gasteiger partial charge in [0.25, 0.3) is 5.91 Å². The Balaban J connectivity index is 1.69. The minimum Gasteiger partial charge on any atom is -0.384 e. The van der Waals surface area contributed by atoms with Gasteiger partial charge in [0, 0.05) is 6.54 Å². The lowest BCUT2D eigenvalue weighted by Crippen LogP contribution is -2.25. The van der Waals surface area contributed by atoms with Gasteiger partial charge in [0.05, 0.1) is 17.6 Å². The molecule has 0 aliphatic rings. The molecule has 0 saturated carbocycles. The molecule has 2 aromatic heterocycles. The van der Waals surface area contributed by atoms with Crippen LogP contribution in [0.2, 0.25) is 0 Å². The highest BCUT2D eigenvalue weighted by atomic mass is 19.1. The maximum Gasteiger partial charge on any atom is 0.257 e. The van der Waals surface area contributed by atoms with Crippen LogP contribution < -0.4 is 11.1 Å². The number of halogens is 1. The zero-order valence-electron chi connectivity index (χ0n) is 18.3. The van der Waals surface area contributed by atoms with E-state index in [0.717, 1.165) is 23.9 Å². The van der Waals surface area contributed by atoms with Gasteiger partial charge in [-0.3, -0.25) is 4.79 Å². The number of carbonyl (C=O) groups is 1. The fourth-order valence-electron chi connectivity index (χ4n) is 3.89. The van der Waals surface area contributed by atoms with Gasteiger partial charge in [0.2, 0.25) is 0 Å². The quantitative estimate of drug-likeness (QED) is 0.362. The van der Waals surface area contributed by atoms with Crippen molar-refractivity contribution in [2.45, 2.75) is 45.6 Å². The van der Waals surface area contributed by atoms with E-state index >= 15 is 0 Å². The summed E-state index contributed by atoms with van der Waals surface area (Å²) in [6.07, 6.45) is 5.57. The summed E-state index contributed by atoms with van der Waals surface area (Å²) >= 11 is 0. The molecule has 0 aliphatic heterocycles. The van der Waals surface area contributed by atoms with Gasteiger partial charge in [-0.2, -0.15) is 0 Å². The van der Waals surface area contributed by atoms with E-state index in [4.69, 9.17) is 15.7 Å². The van der Waals surface area contributed by atoms with Crippen LogP contribution >= 0.6 is 0 Å². The number of para-hydroxylation sites is 2. The minimum absolute atomic E-state index is 0.245. The Hall–Kier alpha value is -3.48. The van der Waals surface area contributed by atoms with Crippen LogP contribution in [-0.2, 0) is 6.54 Å². The first-order valence-corrected chi connectivity index (χ1v) is 11.2. The third kappa shape index (κ3) is 4.56. The second kappa shape index (κ2) is 9.77. The first-order valence-electron chi connectivity index (χ1n) is 11.2. The highest BCUT2D eigenvalue weighted by molar-refractivity contribution is 6.10. The average Bonchev–Trinajstić information content (AvgIpc) is 3.06. The van der Waals surface area contributed by atoms with Crippen molar-refractivity contribution in [3.05, 3.63) is 65.5 Å². The van der Waals surface area contributed by atoms with Crippen molar-refractivity contribution in [1.29, 1.82) is 0 Å². The molecule has 2 heterocycles. The predicted octanol–water partition coefficient (Wildman–Crippen LogP) is 5.05. The maximum absolute atomic E-state index is 13.4. The number of aromatic nitrogens is 3. The van der Waals surface area contributed by atoms with Crippen LogP contribution in [0, 0.1) is 5.82 Å². The van der Waals surface area contributed by atoms with Gasteiger partial charge in [-0.1, -0.05) is 56.9 Å². The summed E-state index contributed by atoms with van der Waals surface area (Å²) in [5.41, 5.74) is 10.1. The Morgan fingerprint density at radius 2 is 1.69 bits per heavy atom. The summed E-state index contributed by atoms with van der Waals surface area (Å²) in [7, 11) is 0. The van der Waals surface area contributed by atoms with Crippen molar-refractivity contribution in [1.82, 2.24) is 19.9 Å². The fourth-order valence-corrected chi connectivity index (χ4v) is 3.89. The smallest absolute Gasteiger partial charge is 0.257 e. The molecular weight excluding hydrogens is 405 g/mol. The minimum atomic E-state index is -0.302. The maximum atomic E-state index is 13.4. The molecule has 6 nitrogen and oxygen atoms in total. The second-order valence-electron chi connectivity index (χ2n) is 8.03. The SMILES string of the molecule is CCCCCCCNC(=O)c1c(N)n(Cc2ccc(F)cc2)c2nc3ccccc3nc12. The first kappa shape index (κ1) is 21.7. The molecule has 0 radical (unpaired) electrons. The van der Waals surface area contributed by atoms with Crippen LogP contribution in [0.5, 0.6) is 0 Å². The van der Waals surface area contributed by atoms with Crippen molar-refractivity contribution in [2.24, 2.45) is 0 Å². The standard InChI is InChI=1S/C25H28FN5O/c1-2-3-4-5-8-15-28-25(32)21-22-24(30-20-10-7-6-9-19(20)29-22)31(23(21)27)16-17-11-13-18(26)14-12-17/h6-7,9-14H,2-5,8,15-16,27H2,1H3,(H,28,32). The highest BCUT2D eigenvalue weighted by Crippen LogP contribution is 2.28. The van der Waals surface area contributed by atoms with Crippen LogP contribution in [0.3, 0.4) is 0 Å². The van der Waals surface area contributed by atoms with E-state index in [1.807, 2.05) is 24.3 Å². The third-order valence-electron chi connectivity index (χ3n) is 5.64. The van der Waals surface area contributed by atoms with Gasteiger partial charge in [0.15, 0.2) is 5.65 Å². The number of benzene rings is 2. The van der Waals surface area contributed by atoms with Crippen LogP contribution in [-0.4, -0.2) is 27.0 Å². The van der Waals surface area contributed by atoms with Crippen molar-refractivity contribution in [3.8, 4) is 0 Å². The van der Waals surface area contributed by atoms with Gasteiger partial charge >= 0.3 is 0 Å². The number of rotatable bonds is 9. The van der Waals surface area contributed by atoms with Gasteiger partial charge in [-0.25, -0.2) is 14.4 Å². The molecule has 166 valence electrons. The van der Waals surface area contributed by atoms with Gasteiger partial charge < -0.3 is 15.6 Å². The molecule has 1 amide bonds. The number of amides is 1. The van der Waals surface area contributed by atoms with Crippen molar-refractivity contribution < 1.29 is 9.18 Å². The normalized spacial score (nSPS) is 11.3. The molecule has 0 fully saturated rings. The summed E-state index contributed by atoms with van der Waals surface area (Å²) in [6.45, 7) is 3.13. The summed E-state index contributed by atoms with van der Waals surface area (Å²) in [6, 6.07) is 13.7. The van der Waals surface area contributed by atoms with E-state index in [-0.39, 0.29) is 11.7 Å². The van der Waals surface area contributed by atoms with E-state index in [2.05, 4.69) is 12.2 Å². The average molecular weight is 434 g/mol. The van der Waals surface area contributed by atoms with E-state index < -0.39 is 0 Å². The molecule has 3 N–H and O–H groups in total. The Bertz CT molecular complexity index is 1230. The number of hydrogen-bond acceptors (Lipinski definition) is 4. The molecule has 7 heteroatoms. The number of unbranched alkanes of at least 4 members (excludes halogenated alkanes) is 4. The van der Waals surface area contributed by atoms with Crippen LogP contribution in [0.25, 0.3) is 22.2 Å². The summed E-state index contributed by atoms with van der Waals surface area (Å²) in [5.74, 6) is -0.239. The second-order valence-corrected chi connectivity index (χ2v) is 8.03. The number of nitrogens with zero attached hydrogens (tertiary/aromatic N) is 3. The van der Waals surface area contributed by atoms with Gasteiger partial charge in [-0.15, -0.1) is 0 Å². The van der Waals surface area contributed by atoms with Crippen LogP contribution in [0.4, 0.5) is 10.2 Å². The molecule has 0 aliphatic carbocycles. The highest BCUT2D eigenvalue weighted by Gasteiger charge is 2.24. The molecule has 0 atom stereocenters. The number of carbonyl (C=O) groups excluding carboxylic acids is 1. The largest absolute Gasteiger partial charge is 0.384 e. The summed E-state index contributed by atoms with van der Waals surface area (Å²) in [5, 5.41) is 2.99. The van der Waals surface area contributed by atoms with Crippen molar-refractivity contribution >= 4 is 33.9 Å². The fraction of sp³-hybridized carbons (Fsp3) is 0.320. The number of nitrogens with two attached hydrogens (primary N) is 1. The zero-order valence-corrected chi connectivity index (χ0v) is 18.3. The van der Waals surface area contributed by atoms with Crippen molar-refractivity contribution in [2.75, 3.05) is 12.3 Å². The van der Waals surface area contributed by atoms with Crippen molar-refractivity contribution in [3.63, 3.8) is 0 Å². The predicted molar refractivity (Wildman–Crippen MR) is 126 cm³/mol. The topological polar surface area (TPSA) is 85.8 Å². The molecule has 2 aromatic carbocycles. The number of nitrogens with one attached hydrogen (secondary N) is 1. The lowest BCUT2D eigenvalue weighted by Gasteiger charge is -2.08. The summed E-state index contributed by atoms with van der Waals surface area (Å²) < 4.78 is 15.1. The number of nitrogen functional groups attached to an aromatic ring is 1. The Morgan fingerprint density at radius 3 is 2.41 bits per heavy atom. The number of hydrogen-bond donors (Lipinski definition) is 2. The molecule has 4 rings (SSSR count). The van der Waals surface area contributed by atoms with E-state index in [9.17, 15) is 9.18 Å². The number of anilines is 1. The molecule has 0 saturated heterocycles. The third-order valence-corrected chi connectivity index (χ3v) is 5.64. The zero-order chi connectivity index (χ0) is 22.5. The summed E-state index contributed by atoms with van der Waals surface area (Å²) in [4.78, 5) is 22.6. The van der Waals surface area contributed by atoms with E-state index in [1.165, 1.54) is 31.4 Å². The molecule has 0 bridgehead atoms. The molecule has 32 heavy (non-hydrogen) atoms. The van der Waals surface area contributed by atoms with E-state index in [0.29, 0.717) is 41.2 Å². The van der Waals surface area contributed by atoms with Gasteiger partial charge in [0.1, 0.15) is 22.7 Å². The molecule has 0 spiro atoms. The van der Waals surface area contributed by atoms with Crippen LogP contribution in [0.15, 0.2) is 48.5 Å².